The van der Waals surface area contributed by atoms with Crippen LogP contribution >= 0.6 is 0 Å². The van der Waals surface area contributed by atoms with Gasteiger partial charge in [0, 0.05) is 19.1 Å². The van der Waals surface area contributed by atoms with Gasteiger partial charge in [-0.15, -0.1) is 0 Å². The second kappa shape index (κ2) is 8.77. The molecule has 0 bridgehead atoms. The lowest BCUT2D eigenvalue weighted by Crippen LogP contribution is -2.47. The van der Waals surface area contributed by atoms with E-state index in [9.17, 15) is 13.2 Å². The van der Waals surface area contributed by atoms with E-state index in [1.165, 1.54) is 10.6 Å². The predicted molar refractivity (Wildman–Crippen MR) is 111 cm³/mol. The molecule has 0 aromatic carbocycles. The lowest BCUT2D eigenvalue weighted by molar-refractivity contribution is -0.126. The largest absolute Gasteiger partial charge is 0.465 e. The van der Waals surface area contributed by atoms with Crippen molar-refractivity contribution in [1.29, 1.82) is 0 Å². The molecule has 2 aliphatic rings. The zero-order valence-electron chi connectivity index (χ0n) is 17.0. The molecule has 1 aliphatic heterocycles. The van der Waals surface area contributed by atoms with Gasteiger partial charge < -0.3 is 14.3 Å². The van der Waals surface area contributed by atoms with E-state index in [2.05, 4.69) is 10.5 Å². The molecular weight excluding hydrogens is 406 g/mol. The number of carbonyl (C=O) groups is 1. The van der Waals surface area contributed by atoms with Crippen LogP contribution in [0, 0.1) is 12.8 Å². The zero-order chi connectivity index (χ0) is 21.1. The van der Waals surface area contributed by atoms with E-state index in [0.717, 1.165) is 25.7 Å². The molecule has 3 heterocycles. The van der Waals surface area contributed by atoms with Crippen LogP contribution in [0.1, 0.15) is 55.7 Å². The molecular formula is C21H27N3O5S. The molecule has 9 heteroatoms. The maximum Gasteiger partial charge on any atom is 0.248 e. The Hall–Kier alpha value is -2.39. The number of sulfonamides is 1. The van der Waals surface area contributed by atoms with Crippen LogP contribution < -0.4 is 5.32 Å². The number of aryl methyl sites for hydroxylation is 1. The summed E-state index contributed by atoms with van der Waals surface area (Å²) in [6.45, 7) is 2.16. The second-order valence-electron chi connectivity index (χ2n) is 8.00. The summed E-state index contributed by atoms with van der Waals surface area (Å²) >= 11 is 0. The smallest absolute Gasteiger partial charge is 0.248 e. The Bertz CT molecular complexity index is 1000. The topological polar surface area (TPSA) is 106 Å². The third kappa shape index (κ3) is 4.37. The van der Waals surface area contributed by atoms with E-state index in [4.69, 9.17) is 8.94 Å². The normalized spacial score (nSPS) is 21.4. The molecule has 1 saturated carbocycles. The van der Waals surface area contributed by atoms with E-state index < -0.39 is 10.0 Å². The standard InChI is InChI=1S/C21H27N3O5S/c1-15-20(19(29-23-15)11-10-18-9-5-13-28-18)30(26,27)24-12-4-6-16(14-24)21(25)22-17-7-2-3-8-17/h5,9-11,13,16-17H,2-4,6-8,12,14H2,1H3,(H,22,25)/b11-10+/t16-/m0/s1. The molecule has 2 fully saturated rings. The number of aromatic nitrogens is 1. The van der Waals surface area contributed by atoms with Crippen molar-refractivity contribution in [1.82, 2.24) is 14.8 Å². The molecule has 0 unspecified atom stereocenters. The van der Waals surface area contributed by atoms with E-state index >= 15 is 0 Å². The van der Waals surface area contributed by atoms with Gasteiger partial charge in [0.1, 0.15) is 11.5 Å². The zero-order valence-corrected chi connectivity index (χ0v) is 17.9. The Morgan fingerprint density at radius 2 is 2.03 bits per heavy atom. The molecule has 30 heavy (non-hydrogen) atoms. The molecule has 1 amide bonds. The Morgan fingerprint density at radius 3 is 2.77 bits per heavy atom. The minimum absolute atomic E-state index is 0.0400. The van der Waals surface area contributed by atoms with Gasteiger partial charge in [0.05, 0.1) is 12.2 Å². The molecule has 1 atom stereocenters. The van der Waals surface area contributed by atoms with Crippen LogP contribution in [-0.2, 0) is 14.8 Å². The highest BCUT2D eigenvalue weighted by Gasteiger charge is 2.37. The van der Waals surface area contributed by atoms with Gasteiger partial charge in [0.25, 0.3) is 0 Å². The van der Waals surface area contributed by atoms with E-state index in [-0.39, 0.29) is 35.1 Å². The Morgan fingerprint density at radius 1 is 1.23 bits per heavy atom. The van der Waals surface area contributed by atoms with Crippen LogP contribution in [0.4, 0.5) is 0 Å². The first-order chi connectivity index (χ1) is 14.4. The molecule has 1 aliphatic carbocycles. The number of carbonyl (C=O) groups excluding carboxylic acids is 1. The number of amides is 1. The van der Waals surface area contributed by atoms with Crippen LogP contribution in [-0.4, -0.2) is 42.9 Å². The summed E-state index contributed by atoms with van der Waals surface area (Å²) < 4.78 is 38.7. The van der Waals surface area contributed by atoms with Crippen molar-refractivity contribution in [2.75, 3.05) is 13.1 Å². The Kier molecular flexibility index (Phi) is 6.10. The minimum atomic E-state index is -3.85. The first kappa shape index (κ1) is 20.9. The molecule has 1 saturated heterocycles. The molecule has 1 N–H and O–H groups in total. The van der Waals surface area contributed by atoms with Crippen LogP contribution in [0.25, 0.3) is 12.2 Å². The summed E-state index contributed by atoms with van der Waals surface area (Å²) in [5.74, 6) is 0.355. The fourth-order valence-electron chi connectivity index (χ4n) is 4.24. The van der Waals surface area contributed by atoms with Gasteiger partial charge in [0.2, 0.25) is 15.9 Å². The van der Waals surface area contributed by atoms with Gasteiger partial charge in [-0.25, -0.2) is 8.42 Å². The van der Waals surface area contributed by atoms with Gasteiger partial charge in [-0.3, -0.25) is 4.79 Å². The maximum atomic E-state index is 13.4. The van der Waals surface area contributed by atoms with Crippen molar-refractivity contribution in [2.24, 2.45) is 5.92 Å². The number of nitrogens with zero attached hydrogens (tertiary/aromatic N) is 2. The molecule has 2 aromatic heterocycles. The fourth-order valence-corrected chi connectivity index (χ4v) is 6.01. The highest BCUT2D eigenvalue weighted by atomic mass is 32.2. The third-order valence-corrected chi connectivity index (χ3v) is 7.85. The van der Waals surface area contributed by atoms with E-state index in [0.29, 0.717) is 30.8 Å². The highest BCUT2D eigenvalue weighted by Crippen LogP contribution is 2.29. The molecule has 0 spiro atoms. The number of piperidine rings is 1. The molecule has 8 nitrogen and oxygen atoms in total. The number of rotatable bonds is 6. The van der Waals surface area contributed by atoms with Gasteiger partial charge in [-0.05, 0) is 56.9 Å². The highest BCUT2D eigenvalue weighted by molar-refractivity contribution is 7.89. The van der Waals surface area contributed by atoms with Crippen molar-refractivity contribution in [3.05, 3.63) is 35.6 Å². The lowest BCUT2D eigenvalue weighted by Gasteiger charge is -2.31. The molecule has 0 radical (unpaired) electrons. The molecule has 4 rings (SSSR count). The molecule has 2 aromatic rings. The minimum Gasteiger partial charge on any atom is -0.465 e. The van der Waals surface area contributed by atoms with Gasteiger partial charge in [0.15, 0.2) is 10.7 Å². The Balaban J connectivity index is 1.51. The third-order valence-electron chi connectivity index (χ3n) is 5.83. The van der Waals surface area contributed by atoms with Crippen molar-refractivity contribution in [3.63, 3.8) is 0 Å². The lowest BCUT2D eigenvalue weighted by atomic mass is 9.98. The average Bonchev–Trinajstić information content (AvgIpc) is 3.49. The fraction of sp³-hybridized carbons (Fsp3) is 0.524. The summed E-state index contributed by atoms with van der Waals surface area (Å²) in [5, 5.41) is 6.96. The predicted octanol–water partition coefficient (Wildman–Crippen LogP) is 3.21. The molecule has 162 valence electrons. The van der Waals surface area contributed by atoms with Crippen molar-refractivity contribution >= 4 is 28.1 Å². The van der Waals surface area contributed by atoms with Crippen LogP contribution in [0.15, 0.2) is 32.2 Å². The van der Waals surface area contributed by atoms with Gasteiger partial charge in [-0.2, -0.15) is 4.31 Å². The first-order valence-corrected chi connectivity index (χ1v) is 11.9. The van der Waals surface area contributed by atoms with Crippen LogP contribution in [0.2, 0.25) is 0 Å². The quantitative estimate of drug-likeness (QED) is 0.750. The average molecular weight is 434 g/mol. The summed E-state index contributed by atoms with van der Waals surface area (Å²) in [5.41, 5.74) is 0.298. The Labute approximate surface area is 176 Å². The summed E-state index contributed by atoms with van der Waals surface area (Å²) in [6, 6.07) is 3.72. The summed E-state index contributed by atoms with van der Waals surface area (Å²) in [7, 11) is -3.85. The van der Waals surface area contributed by atoms with E-state index in [1.54, 1.807) is 31.2 Å². The number of furan rings is 1. The maximum absolute atomic E-state index is 13.4. The number of hydrogen-bond donors (Lipinski definition) is 1. The van der Waals surface area contributed by atoms with Crippen LogP contribution in [0.3, 0.4) is 0 Å². The number of hydrogen-bond acceptors (Lipinski definition) is 6. The van der Waals surface area contributed by atoms with Gasteiger partial charge >= 0.3 is 0 Å². The SMILES string of the molecule is Cc1noc(/C=C/c2ccco2)c1S(=O)(=O)N1CCC[C@H](C(=O)NC2CCCC2)C1. The van der Waals surface area contributed by atoms with Crippen molar-refractivity contribution < 1.29 is 22.2 Å². The van der Waals surface area contributed by atoms with Crippen molar-refractivity contribution in [2.45, 2.75) is 56.4 Å². The summed E-state index contributed by atoms with van der Waals surface area (Å²) in [4.78, 5) is 12.7. The first-order valence-electron chi connectivity index (χ1n) is 10.4. The second-order valence-corrected chi connectivity index (χ2v) is 9.88. The van der Waals surface area contributed by atoms with E-state index in [1.807, 2.05) is 0 Å². The summed E-state index contributed by atoms with van der Waals surface area (Å²) in [6.07, 6.45) is 10.3. The van der Waals surface area contributed by atoms with Crippen LogP contribution in [0.5, 0.6) is 0 Å². The van der Waals surface area contributed by atoms with Gasteiger partial charge in [-0.1, -0.05) is 18.0 Å². The number of nitrogens with one attached hydrogen (secondary N) is 1. The van der Waals surface area contributed by atoms with Crippen molar-refractivity contribution in [3.8, 4) is 0 Å². The monoisotopic (exact) mass is 433 g/mol.